The third kappa shape index (κ3) is 2.06. The third-order valence-electron chi connectivity index (χ3n) is 2.31. The fourth-order valence-electron chi connectivity index (χ4n) is 1.52. The first-order valence-corrected chi connectivity index (χ1v) is 5.41. The fourth-order valence-corrected chi connectivity index (χ4v) is 1.90. The molecule has 1 aromatic rings. The van der Waals surface area contributed by atoms with Crippen LogP contribution in [0.3, 0.4) is 0 Å². The quantitative estimate of drug-likeness (QED) is 0.753. The highest BCUT2D eigenvalue weighted by atomic mass is 79.9. The predicted octanol–water partition coefficient (Wildman–Crippen LogP) is 0.875. The maximum Gasteiger partial charge on any atom is 0.309 e. The largest absolute Gasteiger partial charge is 0.345 e. The van der Waals surface area contributed by atoms with E-state index in [4.69, 9.17) is 0 Å². The third-order valence-corrected chi connectivity index (χ3v) is 2.81. The van der Waals surface area contributed by atoms with E-state index >= 15 is 0 Å². The zero-order valence-electron chi connectivity index (χ0n) is 8.09. The molecule has 0 aliphatic carbocycles. The molecule has 2 N–H and O–H groups in total. The van der Waals surface area contributed by atoms with E-state index < -0.39 is 23.7 Å². The highest BCUT2D eigenvalue weighted by molar-refractivity contribution is 9.10. The molecule has 0 spiro atoms. The Morgan fingerprint density at radius 3 is 2.75 bits per heavy atom. The van der Waals surface area contributed by atoms with Gasteiger partial charge in [-0.3, -0.25) is 9.59 Å². The van der Waals surface area contributed by atoms with Gasteiger partial charge < -0.3 is 10.6 Å². The van der Waals surface area contributed by atoms with Crippen molar-refractivity contribution in [3.8, 4) is 0 Å². The van der Waals surface area contributed by atoms with Gasteiger partial charge in [0.15, 0.2) is 0 Å². The van der Waals surface area contributed by atoms with Crippen LogP contribution in [0.15, 0.2) is 22.7 Å². The van der Waals surface area contributed by atoms with Crippen molar-refractivity contribution in [2.75, 3.05) is 6.54 Å². The molecule has 16 heavy (non-hydrogen) atoms. The summed E-state index contributed by atoms with van der Waals surface area (Å²) in [5, 5.41) is 4.83. The van der Waals surface area contributed by atoms with Gasteiger partial charge in [0.25, 0.3) is 0 Å². The highest BCUT2D eigenvalue weighted by Crippen LogP contribution is 2.22. The molecule has 0 aromatic heterocycles. The van der Waals surface area contributed by atoms with Gasteiger partial charge in [-0.25, -0.2) is 4.39 Å². The summed E-state index contributed by atoms with van der Waals surface area (Å²) in [5.41, 5.74) is 0.350. The number of amides is 2. The van der Waals surface area contributed by atoms with Crippen LogP contribution in [-0.4, -0.2) is 18.4 Å². The first kappa shape index (κ1) is 11.1. The lowest BCUT2D eigenvalue weighted by atomic mass is 10.0. The molecule has 1 aliphatic heterocycles. The summed E-state index contributed by atoms with van der Waals surface area (Å²) in [5.74, 6) is -1.84. The Bertz CT molecular complexity index is 464. The minimum absolute atomic E-state index is 0.192. The van der Waals surface area contributed by atoms with Crippen molar-refractivity contribution in [3.63, 3.8) is 0 Å². The summed E-state index contributed by atoms with van der Waals surface area (Å²) in [6.07, 6.45) is 0. The lowest BCUT2D eigenvalue weighted by Crippen LogP contribution is -2.51. The summed E-state index contributed by atoms with van der Waals surface area (Å²) in [7, 11) is 0. The van der Waals surface area contributed by atoms with E-state index in [1.54, 1.807) is 12.1 Å². The van der Waals surface area contributed by atoms with Gasteiger partial charge in [-0.15, -0.1) is 0 Å². The van der Waals surface area contributed by atoms with E-state index in [1.165, 1.54) is 6.07 Å². The fraction of sp³-hybridized carbons (Fsp3) is 0.200. The molecule has 1 aliphatic rings. The van der Waals surface area contributed by atoms with Crippen LogP contribution in [0, 0.1) is 5.82 Å². The maximum absolute atomic E-state index is 13.5. The molecule has 1 fully saturated rings. The van der Waals surface area contributed by atoms with Crippen LogP contribution in [0.5, 0.6) is 0 Å². The van der Waals surface area contributed by atoms with Crippen LogP contribution in [0.4, 0.5) is 4.39 Å². The van der Waals surface area contributed by atoms with Gasteiger partial charge in [0.05, 0.1) is 6.04 Å². The van der Waals surface area contributed by atoms with E-state index in [2.05, 4.69) is 26.6 Å². The number of hydrogen-bond donors (Lipinski definition) is 2. The minimum atomic E-state index is -0.740. The van der Waals surface area contributed by atoms with Gasteiger partial charge in [0, 0.05) is 16.6 Å². The van der Waals surface area contributed by atoms with Crippen LogP contribution in [0.1, 0.15) is 11.6 Å². The van der Waals surface area contributed by atoms with Gasteiger partial charge in [-0.1, -0.05) is 15.9 Å². The number of benzene rings is 1. The van der Waals surface area contributed by atoms with Crippen molar-refractivity contribution in [1.29, 1.82) is 0 Å². The van der Waals surface area contributed by atoms with Crippen molar-refractivity contribution < 1.29 is 14.0 Å². The van der Waals surface area contributed by atoms with Crippen LogP contribution in [0.2, 0.25) is 0 Å². The zero-order valence-corrected chi connectivity index (χ0v) is 9.67. The van der Waals surface area contributed by atoms with Crippen molar-refractivity contribution in [1.82, 2.24) is 10.6 Å². The van der Waals surface area contributed by atoms with Crippen LogP contribution in [-0.2, 0) is 9.59 Å². The topological polar surface area (TPSA) is 58.2 Å². The molecule has 2 rings (SSSR count). The molecule has 0 saturated carbocycles. The Labute approximate surface area is 99.3 Å². The molecule has 1 saturated heterocycles. The summed E-state index contributed by atoms with van der Waals surface area (Å²) in [4.78, 5) is 22.0. The SMILES string of the molecule is O=C1NCC(c2cc(Br)ccc2F)NC1=O. The van der Waals surface area contributed by atoms with E-state index in [1.807, 2.05) is 0 Å². The van der Waals surface area contributed by atoms with E-state index in [-0.39, 0.29) is 6.54 Å². The molecule has 1 atom stereocenters. The molecule has 0 radical (unpaired) electrons. The Hall–Kier alpha value is -1.43. The molecular formula is C10H8BrFN2O2. The normalized spacial score (nSPS) is 20.2. The molecule has 84 valence electrons. The van der Waals surface area contributed by atoms with Crippen LogP contribution >= 0.6 is 15.9 Å². The molecule has 1 aromatic carbocycles. The van der Waals surface area contributed by atoms with Crippen molar-refractivity contribution in [3.05, 3.63) is 34.1 Å². The van der Waals surface area contributed by atoms with Crippen LogP contribution in [0.25, 0.3) is 0 Å². The molecule has 1 unspecified atom stereocenters. The van der Waals surface area contributed by atoms with Gasteiger partial charge in [-0.05, 0) is 18.2 Å². The molecule has 2 amide bonds. The van der Waals surface area contributed by atoms with E-state index in [9.17, 15) is 14.0 Å². The van der Waals surface area contributed by atoms with Gasteiger partial charge in [-0.2, -0.15) is 0 Å². The van der Waals surface area contributed by atoms with Gasteiger partial charge in [0.2, 0.25) is 0 Å². The highest BCUT2D eigenvalue weighted by Gasteiger charge is 2.27. The molecule has 0 bridgehead atoms. The number of carbonyl (C=O) groups is 2. The van der Waals surface area contributed by atoms with Gasteiger partial charge >= 0.3 is 11.8 Å². The summed E-state index contributed by atoms with van der Waals surface area (Å²) >= 11 is 3.22. The van der Waals surface area contributed by atoms with Crippen molar-refractivity contribution in [2.45, 2.75) is 6.04 Å². The van der Waals surface area contributed by atoms with Crippen molar-refractivity contribution in [2.24, 2.45) is 0 Å². The summed E-state index contributed by atoms with van der Waals surface area (Å²) in [6.45, 7) is 0.192. The second kappa shape index (κ2) is 4.21. The minimum Gasteiger partial charge on any atom is -0.345 e. The average molecular weight is 287 g/mol. The van der Waals surface area contributed by atoms with Crippen molar-refractivity contribution >= 4 is 27.7 Å². The summed E-state index contributed by atoms with van der Waals surface area (Å²) < 4.78 is 14.2. The zero-order chi connectivity index (χ0) is 11.7. The standard InChI is InChI=1S/C10H8BrFN2O2/c11-5-1-2-7(12)6(3-5)8-4-13-9(15)10(16)14-8/h1-3,8H,4H2,(H,13,15)(H,14,16). The molecule has 6 heteroatoms. The number of halogens is 2. The molecule has 4 nitrogen and oxygen atoms in total. The Kier molecular flexibility index (Phi) is 2.91. The molecule has 1 heterocycles. The molecular weight excluding hydrogens is 279 g/mol. The Balaban J connectivity index is 2.28. The number of rotatable bonds is 1. The Morgan fingerprint density at radius 2 is 2.06 bits per heavy atom. The summed E-state index contributed by atoms with van der Waals surface area (Å²) in [6, 6.07) is 3.93. The van der Waals surface area contributed by atoms with E-state index in [0.717, 1.165) is 4.47 Å². The number of nitrogens with one attached hydrogen (secondary N) is 2. The van der Waals surface area contributed by atoms with Crippen LogP contribution < -0.4 is 10.6 Å². The predicted molar refractivity (Wildman–Crippen MR) is 58.0 cm³/mol. The lowest BCUT2D eigenvalue weighted by molar-refractivity contribution is -0.141. The monoisotopic (exact) mass is 286 g/mol. The maximum atomic E-state index is 13.5. The lowest BCUT2D eigenvalue weighted by Gasteiger charge is -2.24. The Morgan fingerprint density at radius 1 is 1.31 bits per heavy atom. The van der Waals surface area contributed by atoms with E-state index in [0.29, 0.717) is 5.56 Å². The first-order chi connectivity index (χ1) is 7.58. The first-order valence-electron chi connectivity index (χ1n) is 4.61. The number of carbonyl (C=O) groups excluding carboxylic acids is 2. The number of piperazine rings is 1. The van der Waals surface area contributed by atoms with Gasteiger partial charge in [0.1, 0.15) is 5.82 Å². The smallest absolute Gasteiger partial charge is 0.309 e. The average Bonchev–Trinajstić information content (AvgIpc) is 2.26. The second-order valence-corrected chi connectivity index (χ2v) is 4.32. The second-order valence-electron chi connectivity index (χ2n) is 3.40. The number of hydrogen-bond acceptors (Lipinski definition) is 2.